The Balaban J connectivity index is 2.27. The molecule has 26 heavy (non-hydrogen) atoms. The number of hydrogen-bond acceptors (Lipinski definition) is 3. The van der Waals surface area contributed by atoms with Gasteiger partial charge in [0, 0.05) is 17.3 Å². The van der Waals surface area contributed by atoms with Crippen molar-refractivity contribution in [3.63, 3.8) is 0 Å². The van der Waals surface area contributed by atoms with Crippen LogP contribution < -0.4 is 9.95 Å². The third kappa shape index (κ3) is 3.99. The van der Waals surface area contributed by atoms with Gasteiger partial charge in [0.25, 0.3) is 0 Å². The van der Waals surface area contributed by atoms with Gasteiger partial charge in [-0.2, -0.15) is 0 Å². The third-order valence-corrected chi connectivity index (χ3v) is 4.97. The molecule has 2 aliphatic rings. The molecule has 0 spiro atoms. The molecule has 3 N–H and O–H groups in total. The number of fused-ring (bicyclic) bond motifs is 2. The lowest BCUT2D eigenvalue weighted by molar-refractivity contribution is 0.369. The van der Waals surface area contributed by atoms with E-state index in [9.17, 15) is 14.6 Å². The van der Waals surface area contributed by atoms with Crippen LogP contribution in [-0.2, 0) is 24.6 Å². The van der Waals surface area contributed by atoms with Gasteiger partial charge in [-0.05, 0) is 47.6 Å². The molecule has 0 unspecified atom stereocenters. The first-order valence-corrected chi connectivity index (χ1v) is 11.3. The Morgan fingerprint density at radius 2 is 1.85 bits per heavy atom. The van der Waals surface area contributed by atoms with Crippen molar-refractivity contribution in [3.8, 4) is 17.0 Å². The van der Waals surface area contributed by atoms with Gasteiger partial charge in [-0.1, -0.05) is 38.8 Å². The van der Waals surface area contributed by atoms with Crippen LogP contribution in [0.5, 0.6) is 5.75 Å². The molecule has 1 aromatic carbocycles. The highest BCUT2D eigenvalue weighted by Crippen LogP contribution is 2.39. The van der Waals surface area contributed by atoms with E-state index in [1.807, 2.05) is 19.1 Å². The maximum Gasteiger partial charge on any atom is 0.375 e. The van der Waals surface area contributed by atoms with Gasteiger partial charge in [0.05, 0.1) is 11.3 Å². The minimum absolute atomic E-state index is 0.107. The molecule has 0 saturated carbocycles. The van der Waals surface area contributed by atoms with Gasteiger partial charge in [-0.3, -0.25) is 4.79 Å². The van der Waals surface area contributed by atoms with E-state index in [-0.39, 0.29) is 5.75 Å². The van der Waals surface area contributed by atoms with Crippen LogP contribution in [0.1, 0.15) is 37.8 Å². The van der Waals surface area contributed by atoms with Crippen molar-refractivity contribution >= 4 is 29.4 Å². The van der Waals surface area contributed by atoms with Crippen molar-refractivity contribution in [3.05, 3.63) is 51.7 Å². The summed E-state index contributed by atoms with van der Waals surface area (Å²) < 4.78 is 5.00. The number of pyridine rings is 1. The monoisotopic (exact) mass is 391 g/mol. The maximum atomic E-state index is 12.8. The fourth-order valence-electron chi connectivity index (χ4n) is 3.23. The SMILES string of the molecule is CCCc1ccc2cc3c(=O)c(OP(O)(O)=S)cc(CCC)c-3[nH]c2c1. The molecule has 0 fully saturated rings. The molecule has 3 rings (SSSR count). The molecule has 1 aliphatic carbocycles. The smallest absolute Gasteiger partial charge is 0.375 e. The average molecular weight is 391 g/mol. The lowest BCUT2D eigenvalue weighted by atomic mass is 9.96. The Kier molecular flexibility index (Phi) is 5.49. The van der Waals surface area contributed by atoms with Crippen LogP contribution in [0.3, 0.4) is 0 Å². The molecule has 5 nitrogen and oxygen atoms in total. The molecule has 1 aromatic rings. The molecular weight excluding hydrogens is 369 g/mol. The van der Waals surface area contributed by atoms with Crippen molar-refractivity contribution in [2.75, 3.05) is 0 Å². The summed E-state index contributed by atoms with van der Waals surface area (Å²) in [7, 11) is 0. The summed E-state index contributed by atoms with van der Waals surface area (Å²) in [6.45, 7) is 0.213. The molecule has 0 radical (unpaired) electrons. The highest BCUT2D eigenvalue weighted by atomic mass is 32.5. The fraction of sp³-hybridized carbons (Fsp3) is 0.316. The van der Waals surface area contributed by atoms with Gasteiger partial charge in [0.15, 0.2) is 5.75 Å². The van der Waals surface area contributed by atoms with E-state index >= 15 is 0 Å². The van der Waals surface area contributed by atoms with Gasteiger partial charge in [0.1, 0.15) is 0 Å². The normalized spacial score (nSPS) is 12.0. The van der Waals surface area contributed by atoms with E-state index in [1.54, 1.807) is 6.07 Å². The van der Waals surface area contributed by atoms with E-state index in [0.717, 1.165) is 47.8 Å². The Labute approximate surface area is 157 Å². The second-order valence-electron chi connectivity index (χ2n) is 6.42. The zero-order valence-corrected chi connectivity index (χ0v) is 16.5. The lowest BCUT2D eigenvalue weighted by Gasteiger charge is -2.17. The predicted octanol–water partition coefficient (Wildman–Crippen LogP) is 4.13. The zero-order chi connectivity index (χ0) is 18.9. The van der Waals surface area contributed by atoms with Crippen LogP contribution in [-0.4, -0.2) is 14.8 Å². The molecule has 7 heteroatoms. The number of nitrogens with one attached hydrogen (secondary N) is 1. The van der Waals surface area contributed by atoms with Gasteiger partial charge in [0.2, 0.25) is 5.43 Å². The molecule has 0 atom stereocenters. The first-order valence-electron chi connectivity index (χ1n) is 8.69. The number of benzene rings is 2. The summed E-state index contributed by atoms with van der Waals surface area (Å²) in [4.78, 5) is 35.1. The number of rotatable bonds is 6. The minimum atomic E-state index is -3.97. The average Bonchev–Trinajstić information content (AvgIpc) is 2.57. The molecule has 0 aromatic heterocycles. The molecular formula is C19H22NO4PS. The highest BCUT2D eigenvalue weighted by Gasteiger charge is 2.21. The first kappa shape index (κ1) is 19.1. The summed E-state index contributed by atoms with van der Waals surface area (Å²) in [6, 6.07) is 9.56. The molecule has 138 valence electrons. The number of hydrogen-bond donors (Lipinski definition) is 3. The van der Waals surface area contributed by atoms with Crippen LogP contribution in [0.15, 0.2) is 35.1 Å². The minimum Gasteiger partial charge on any atom is -0.420 e. The van der Waals surface area contributed by atoms with Crippen molar-refractivity contribution in [2.24, 2.45) is 0 Å². The quantitative estimate of drug-likeness (QED) is 0.435. The lowest BCUT2D eigenvalue weighted by Crippen LogP contribution is -2.13. The van der Waals surface area contributed by atoms with E-state index < -0.39 is 12.1 Å². The summed E-state index contributed by atoms with van der Waals surface area (Å²) in [5.74, 6) is -0.107. The zero-order valence-electron chi connectivity index (χ0n) is 14.8. The number of H-pyrrole nitrogens is 1. The highest BCUT2D eigenvalue weighted by molar-refractivity contribution is 8.06. The van der Waals surface area contributed by atoms with E-state index in [4.69, 9.17) is 4.52 Å². The molecule has 1 aliphatic heterocycles. The third-order valence-electron chi connectivity index (χ3n) is 4.32. The van der Waals surface area contributed by atoms with Crippen LogP contribution in [0.25, 0.3) is 22.2 Å². The largest absolute Gasteiger partial charge is 0.420 e. The van der Waals surface area contributed by atoms with E-state index in [1.165, 1.54) is 5.56 Å². The van der Waals surface area contributed by atoms with Crippen LogP contribution in [0.4, 0.5) is 0 Å². The Morgan fingerprint density at radius 1 is 1.12 bits per heavy atom. The van der Waals surface area contributed by atoms with Crippen LogP contribution >= 0.6 is 6.72 Å². The number of aryl methyl sites for hydroxylation is 2. The molecule has 1 heterocycles. The molecule has 0 bridgehead atoms. The van der Waals surface area contributed by atoms with E-state index in [2.05, 4.69) is 35.8 Å². The Morgan fingerprint density at radius 3 is 2.50 bits per heavy atom. The first-order chi connectivity index (χ1) is 12.3. The van der Waals surface area contributed by atoms with Gasteiger partial charge < -0.3 is 19.3 Å². The summed E-state index contributed by atoms with van der Waals surface area (Å²) in [6.07, 6.45) is 3.67. The maximum absolute atomic E-state index is 12.8. The van der Waals surface area contributed by atoms with Gasteiger partial charge in [-0.15, -0.1) is 0 Å². The Bertz CT molecular complexity index is 1020. The Hall–Kier alpha value is -1.72. The van der Waals surface area contributed by atoms with Crippen molar-refractivity contribution in [1.29, 1.82) is 0 Å². The van der Waals surface area contributed by atoms with E-state index in [0.29, 0.717) is 5.56 Å². The standard InChI is InChI=1S/C19H22NO4PS/c1-3-5-12-7-8-13-10-15-18(20-16(13)9-12)14(6-4-2)11-17(19(15)21)24-25(22,23)26/h7-11,20H,3-6H2,1-2H3,(H2,22,23,26). The summed E-state index contributed by atoms with van der Waals surface area (Å²) in [5.41, 5.74) is 3.94. The second kappa shape index (κ2) is 7.49. The van der Waals surface area contributed by atoms with Crippen molar-refractivity contribution < 1.29 is 14.3 Å². The van der Waals surface area contributed by atoms with Crippen LogP contribution in [0.2, 0.25) is 0 Å². The van der Waals surface area contributed by atoms with Gasteiger partial charge in [-0.25, -0.2) is 0 Å². The predicted molar refractivity (Wildman–Crippen MR) is 109 cm³/mol. The fourth-order valence-corrected chi connectivity index (χ4v) is 3.87. The summed E-state index contributed by atoms with van der Waals surface area (Å²) in [5, 5.41) is 0.918. The van der Waals surface area contributed by atoms with Gasteiger partial charge >= 0.3 is 6.72 Å². The number of aromatic nitrogens is 1. The molecule has 0 saturated heterocycles. The molecule has 0 amide bonds. The van der Waals surface area contributed by atoms with Crippen molar-refractivity contribution in [2.45, 2.75) is 39.5 Å². The number of aromatic amines is 1. The summed E-state index contributed by atoms with van der Waals surface area (Å²) >= 11 is 4.53. The topological polar surface area (TPSA) is 82.6 Å². The second-order valence-corrected chi connectivity index (χ2v) is 9.02. The van der Waals surface area contributed by atoms with Crippen LogP contribution in [0, 0.1) is 0 Å². The van der Waals surface area contributed by atoms with Crippen molar-refractivity contribution in [1.82, 2.24) is 4.98 Å².